The average molecular weight is 231 g/mol. The van der Waals surface area contributed by atoms with E-state index in [9.17, 15) is 0 Å². The van der Waals surface area contributed by atoms with E-state index >= 15 is 0 Å². The van der Waals surface area contributed by atoms with Crippen LogP contribution in [0.1, 0.15) is 64.7 Å². The van der Waals surface area contributed by atoms with Gasteiger partial charge in [-0.25, -0.2) is 0 Å². The van der Waals surface area contributed by atoms with E-state index in [2.05, 4.69) is 6.92 Å². The summed E-state index contributed by atoms with van der Waals surface area (Å²) in [5, 5.41) is 0. The number of hydrogen-bond donors (Lipinski definition) is 1. The Hall–Kier alpha value is -0.300. The van der Waals surface area contributed by atoms with E-state index in [4.69, 9.17) is 5.73 Å². The normalized spacial score (nSPS) is 46.2. The van der Waals surface area contributed by atoms with Gasteiger partial charge in [0.2, 0.25) is 0 Å². The van der Waals surface area contributed by atoms with Crippen molar-refractivity contribution in [3.63, 3.8) is 0 Å². The molecule has 0 aromatic heterocycles. The first-order chi connectivity index (χ1) is 8.09. The Morgan fingerprint density at radius 2 is 1.82 bits per heavy atom. The van der Waals surface area contributed by atoms with Crippen LogP contribution in [0.3, 0.4) is 0 Å². The predicted octanol–water partition coefficient (Wildman–Crippen LogP) is 3.79. The highest BCUT2D eigenvalue weighted by Crippen LogP contribution is 2.78. The van der Waals surface area contributed by atoms with E-state index in [0.717, 1.165) is 17.4 Å². The molecule has 17 heavy (non-hydrogen) atoms. The van der Waals surface area contributed by atoms with Gasteiger partial charge in [0.25, 0.3) is 0 Å². The summed E-state index contributed by atoms with van der Waals surface area (Å²) in [6, 6.07) is 0. The lowest BCUT2D eigenvalue weighted by Crippen LogP contribution is -2.62. The molecule has 0 aromatic carbocycles. The van der Waals surface area contributed by atoms with Gasteiger partial charge in [0.1, 0.15) is 0 Å². The van der Waals surface area contributed by atoms with Crippen LogP contribution in [0.25, 0.3) is 0 Å². The standard InChI is InChI=1S/C16H25N/c1-14-9-16(10-14,11-14)13-7-15(4-2-5-15)6-3-12(13)8-17/h2-11,17H2,1H3. The quantitative estimate of drug-likeness (QED) is 0.719. The maximum absolute atomic E-state index is 6.01. The van der Waals surface area contributed by atoms with Gasteiger partial charge in [0.15, 0.2) is 0 Å². The molecule has 2 bridgehead atoms. The van der Waals surface area contributed by atoms with Crippen molar-refractivity contribution in [2.75, 3.05) is 6.54 Å². The molecule has 2 N–H and O–H groups in total. The van der Waals surface area contributed by atoms with E-state index in [-0.39, 0.29) is 0 Å². The Morgan fingerprint density at radius 3 is 2.29 bits per heavy atom. The summed E-state index contributed by atoms with van der Waals surface area (Å²) in [4.78, 5) is 0. The van der Waals surface area contributed by atoms with E-state index in [1.165, 1.54) is 57.8 Å². The van der Waals surface area contributed by atoms with Crippen LogP contribution < -0.4 is 5.73 Å². The molecule has 0 aliphatic heterocycles. The van der Waals surface area contributed by atoms with Crippen LogP contribution in [0.5, 0.6) is 0 Å². The summed E-state index contributed by atoms with van der Waals surface area (Å²) in [7, 11) is 0. The van der Waals surface area contributed by atoms with Crippen molar-refractivity contribution < 1.29 is 0 Å². The van der Waals surface area contributed by atoms with Gasteiger partial charge in [-0.1, -0.05) is 24.5 Å². The minimum absolute atomic E-state index is 0.659. The van der Waals surface area contributed by atoms with Gasteiger partial charge in [-0.3, -0.25) is 0 Å². The number of allylic oxidation sites excluding steroid dienone is 1. The molecule has 0 unspecified atom stereocenters. The second-order valence-electron chi connectivity index (χ2n) is 7.94. The van der Waals surface area contributed by atoms with Crippen molar-refractivity contribution in [1.29, 1.82) is 0 Å². The van der Waals surface area contributed by atoms with Crippen LogP contribution in [0.2, 0.25) is 0 Å². The van der Waals surface area contributed by atoms with E-state index < -0.39 is 0 Å². The van der Waals surface area contributed by atoms with Crippen molar-refractivity contribution >= 4 is 0 Å². The molecule has 5 rings (SSSR count). The van der Waals surface area contributed by atoms with Gasteiger partial charge in [0.05, 0.1) is 0 Å². The van der Waals surface area contributed by atoms with Gasteiger partial charge < -0.3 is 5.73 Å². The van der Waals surface area contributed by atoms with Gasteiger partial charge >= 0.3 is 0 Å². The molecule has 0 amide bonds. The van der Waals surface area contributed by atoms with Crippen LogP contribution >= 0.6 is 0 Å². The van der Waals surface area contributed by atoms with Crippen molar-refractivity contribution in [1.82, 2.24) is 0 Å². The zero-order valence-corrected chi connectivity index (χ0v) is 11.1. The molecule has 0 saturated heterocycles. The Morgan fingerprint density at radius 1 is 1.12 bits per heavy atom. The highest BCUT2D eigenvalue weighted by molar-refractivity contribution is 5.38. The Kier molecular flexibility index (Phi) is 1.86. The zero-order chi connectivity index (χ0) is 11.7. The lowest BCUT2D eigenvalue weighted by Gasteiger charge is -2.72. The maximum Gasteiger partial charge on any atom is 0.0139 e. The maximum atomic E-state index is 6.01. The fourth-order valence-electron chi connectivity index (χ4n) is 5.66. The van der Waals surface area contributed by atoms with Crippen molar-refractivity contribution in [2.45, 2.75) is 64.7 Å². The molecule has 94 valence electrons. The third kappa shape index (κ3) is 1.24. The molecule has 4 saturated carbocycles. The number of nitrogens with two attached hydrogens (primary N) is 1. The van der Waals surface area contributed by atoms with Gasteiger partial charge in [0, 0.05) is 6.54 Å². The number of rotatable bonds is 2. The van der Waals surface area contributed by atoms with Crippen LogP contribution in [-0.2, 0) is 0 Å². The Bertz CT molecular complexity index is 380. The summed E-state index contributed by atoms with van der Waals surface area (Å²) in [6.07, 6.45) is 13.1. The van der Waals surface area contributed by atoms with Gasteiger partial charge in [-0.05, 0) is 67.6 Å². The molecule has 1 heteroatoms. The second-order valence-corrected chi connectivity index (χ2v) is 7.94. The summed E-state index contributed by atoms with van der Waals surface area (Å²) < 4.78 is 0. The molecule has 1 spiro atoms. The molecule has 0 aromatic rings. The fraction of sp³-hybridized carbons (Fsp3) is 0.875. The molecule has 5 aliphatic rings. The Labute approximate surface area is 105 Å². The van der Waals surface area contributed by atoms with E-state index in [0.29, 0.717) is 5.41 Å². The lowest BCUT2D eigenvalue weighted by molar-refractivity contribution is -0.169. The van der Waals surface area contributed by atoms with Crippen LogP contribution in [-0.4, -0.2) is 6.54 Å². The lowest BCUT2D eigenvalue weighted by atomic mass is 9.32. The second kappa shape index (κ2) is 2.99. The summed E-state index contributed by atoms with van der Waals surface area (Å²) >= 11 is 0. The first kappa shape index (κ1) is 10.6. The molecule has 4 fully saturated rings. The largest absolute Gasteiger partial charge is 0.327 e. The topological polar surface area (TPSA) is 26.0 Å². The average Bonchev–Trinajstić information content (AvgIpc) is 2.20. The highest BCUT2D eigenvalue weighted by atomic mass is 14.7. The van der Waals surface area contributed by atoms with Crippen LogP contribution in [0.4, 0.5) is 0 Å². The van der Waals surface area contributed by atoms with Gasteiger partial charge in [-0.2, -0.15) is 0 Å². The minimum atomic E-state index is 0.659. The first-order valence-corrected chi connectivity index (χ1v) is 7.50. The summed E-state index contributed by atoms with van der Waals surface area (Å²) in [5.41, 5.74) is 11.7. The van der Waals surface area contributed by atoms with Crippen molar-refractivity contribution in [3.05, 3.63) is 11.1 Å². The Balaban J connectivity index is 1.64. The minimum Gasteiger partial charge on any atom is -0.327 e. The summed E-state index contributed by atoms with van der Waals surface area (Å²) in [6.45, 7) is 3.31. The monoisotopic (exact) mass is 231 g/mol. The molecule has 1 nitrogen and oxygen atoms in total. The molecular formula is C16H25N. The zero-order valence-electron chi connectivity index (χ0n) is 11.1. The van der Waals surface area contributed by atoms with Crippen molar-refractivity contribution in [3.8, 4) is 0 Å². The SMILES string of the molecule is CC12CC(C3=C(CN)CCC4(CCC4)C3)(C1)C2. The third-order valence-corrected chi connectivity index (χ3v) is 6.53. The molecule has 0 heterocycles. The van der Waals surface area contributed by atoms with E-state index in [1.54, 1.807) is 5.57 Å². The third-order valence-electron chi connectivity index (χ3n) is 6.53. The molecule has 0 radical (unpaired) electrons. The first-order valence-electron chi connectivity index (χ1n) is 7.50. The van der Waals surface area contributed by atoms with E-state index in [1.807, 2.05) is 5.57 Å². The fourth-order valence-corrected chi connectivity index (χ4v) is 5.66. The predicted molar refractivity (Wildman–Crippen MR) is 70.6 cm³/mol. The van der Waals surface area contributed by atoms with Gasteiger partial charge in [-0.15, -0.1) is 0 Å². The highest BCUT2D eigenvalue weighted by Gasteiger charge is 2.67. The number of hydrogen-bond acceptors (Lipinski definition) is 1. The molecule has 0 atom stereocenters. The van der Waals surface area contributed by atoms with Crippen LogP contribution in [0, 0.1) is 16.2 Å². The van der Waals surface area contributed by atoms with Crippen LogP contribution in [0.15, 0.2) is 11.1 Å². The smallest absolute Gasteiger partial charge is 0.0139 e. The van der Waals surface area contributed by atoms with Crippen molar-refractivity contribution in [2.24, 2.45) is 22.0 Å². The molecular weight excluding hydrogens is 206 g/mol. The molecule has 5 aliphatic carbocycles. The summed E-state index contributed by atoms with van der Waals surface area (Å²) in [5.74, 6) is 0.